The molecular weight excluding hydrogens is 210 g/mol. The highest BCUT2D eigenvalue weighted by Crippen LogP contribution is 2.24. The van der Waals surface area contributed by atoms with Crippen LogP contribution in [0.4, 0.5) is 0 Å². The van der Waals surface area contributed by atoms with Gasteiger partial charge in [0.15, 0.2) is 0 Å². The van der Waals surface area contributed by atoms with Crippen LogP contribution >= 0.6 is 0 Å². The first kappa shape index (κ1) is 11.2. The van der Waals surface area contributed by atoms with Crippen LogP contribution < -0.4 is 4.74 Å². The zero-order valence-corrected chi connectivity index (χ0v) is 9.68. The molecule has 0 fully saturated rings. The van der Waals surface area contributed by atoms with Crippen molar-refractivity contribution in [2.45, 2.75) is 6.92 Å². The van der Waals surface area contributed by atoms with Crippen LogP contribution in [0, 0.1) is 12.3 Å². The number of ether oxygens (including phenoxy) is 1. The molecule has 1 aromatic heterocycles. The molecule has 17 heavy (non-hydrogen) atoms. The second-order valence-corrected chi connectivity index (χ2v) is 3.52. The summed E-state index contributed by atoms with van der Waals surface area (Å²) in [5.74, 6) is 3.53. The molecule has 0 spiro atoms. The average molecular weight is 223 g/mol. The second-order valence-electron chi connectivity index (χ2n) is 3.52. The highest BCUT2D eigenvalue weighted by atomic mass is 16.5. The minimum absolute atomic E-state index is 0.668. The molecule has 2 aromatic rings. The van der Waals surface area contributed by atoms with Crippen LogP contribution in [-0.4, -0.2) is 11.6 Å². The van der Waals surface area contributed by atoms with E-state index in [1.165, 1.54) is 0 Å². The van der Waals surface area contributed by atoms with Crippen molar-refractivity contribution in [1.29, 1.82) is 0 Å². The Labute approximate surface area is 101 Å². The van der Waals surface area contributed by atoms with E-state index >= 15 is 0 Å². The van der Waals surface area contributed by atoms with E-state index in [1.54, 1.807) is 12.4 Å². The van der Waals surface area contributed by atoms with Gasteiger partial charge in [0.1, 0.15) is 5.75 Å². The van der Waals surface area contributed by atoms with Crippen LogP contribution in [-0.2, 0) is 0 Å². The molecule has 84 valence electrons. The van der Waals surface area contributed by atoms with E-state index in [0.29, 0.717) is 6.61 Å². The summed E-state index contributed by atoms with van der Waals surface area (Å²) in [6.45, 7) is 2.63. The Kier molecular flexibility index (Phi) is 3.42. The molecule has 0 saturated carbocycles. The lowest BCUT2D eigenvalue weighted by atomic mass is 10.0. The van der Waals surface area contributed by atoms with Gasteiger partial charge in [-0.15, -0.1) is 6.42 Å². The fourth-order valence-corrected chi connectivity index (χ4v) is 1.65. The van der Waals surface area contributed by atoms with Crippen LogP contribution in [0.2, 0.25) is 0 Å². The van der Waals surface area contributed by atoms with E-state index < -0.39 is 0 Å². The first-order valence-corrected chi connectivity index (χ1v) is 5.49. The Bertz CT molecular complexity index is 538. The molecule has 0 aliphatic heterocycles. The summed E-state index contributed by atoms with van der Waals surface area (Å²) in [5.41, 5.74) is 2.87. The highest BCUT2D eigenvalue weighted by Gasteiger charge is 2.03. The zero-order chi connectivity index (χ0) is 12.1. The average Bonchev–Trinajstić information content (AvgIpc) is 2.40. The lowest BCUT2D eigenvalue weighted by Gasteiger charge is -2.06. The van der Waals surface area contributed by atoms with E-state index in [2.05, 4.69) is 10.9 Å². The molecule has 0 radical (unpaired) electrons. The molecule has 1 heterocycles. The molecule has 0 aliphatic carbocycles. The number of benzene rings is 1. The minimum atomic E-state index is 0.668. The van der Waals surface area contributed by atoms with Crippen LogP contribution in [0.25, 0.3) is 11.1 Å². The van der Waals surface area contributed by atoms with Gasteiger partial charge in [0.05, 0.1) is 6.61 Å². The third-order valence-corrected chi connectivity index (χ3v) is 2.45. The molecule has 0 saturated heterocycles. The smallest absolute Gasteiger partial charge is 0.119 e. The van der Waals surface area contributed by atoms with Crippen molar-refractivity contribution in [3.8, 4) is 29.2 Å². The summed E-state index contributed by atoms with van der Waals surface area (Å²) >= 11 is 0. The van der Waals surface area contributed by atoms with Gasteiger partial charge in [-0.3, -0.25) is 4.98 Å². The number of terminal acetylenes is 1. The van der Waals surface area contributed by atoms with Crippen molar-refractivity contribution in [3.05, 3.63) is 48.3 Å². The maximum Gasteiger partial charge on any atom is 0.119 e. The monoisotopic (exact) mass is 223 g/mol. The van der Waals surface area contributed by atoms with Crippen LogP contribution in [0.5, 0.6) is 5.75 Å². The van der Waals surface area contributed by atoms with E-state index in [-0.39, 0.29) is 0 Å². The standard InChI is InChI=1S/C15H13NO/c1-3-12-9-10-16-11-15(12)13-5-7-14(8-6-13)17-4-2/h1,5-11H,4H2,2H3. The minimum Gasteiger partial charge on any atom is -0.494 e. The van der Waals surface area contributed by atoms with Gasteiger partial charge in [0.2, 0.25) is 0 Å². The molecule has 0 N–H and O–H groups in total. The van der Waals surface area contributed by atoms with Gasteiger partial charge in [-0.25, -0.2) is 0 Å². The molecular formula is C15H13NO. The summed E-state index contributed by atoms with van der Waals surface area (Å²) < 4.78 is 5.40. The Balaban J connectivity index is 2.37. The maximum absolute atomic E-state index is 5.46. The number of aromatic nitrogens is 1. The molecule has 2 heteroatoms. The molecule has 0 bridgehead atoms. The Hall–Kier alpha value is -2.27. The Morgan fingerprint density at radius 1 is 1.24 bits per heavy atom. The summed E-state index contributed by atoms with van der Waals surface area (Å²) in [6, 6.07) is 9.69. The predicted molar refractivity (Wildman–Crippen MR) is 68.8 cm³/mol. The number of nitrogens with zero attached hydrogens (tertiary/aromatic N) is 1. The fourth-order valence-electron chi connectivity index (χ4n) is 1.65. The first-order chi connectivity index (χ1) is 8.35. The topological polar surface area (TPSA) is 22.1 Å². The number of pyridine rings is 1. The molecule has 0 amide bonds. The predicted octanol–water partition coefficient (Wildman–Crippen LogP) is 3.13. The van der Waals surface area contributed by atoms with Gasteiger partial charge in [-0.05, 0) is 30.7 Å². The van der Waals surface area contributed by atoms with Gasteiger partial charge in [-0.1, -0.05) is 18.1 Å². The van der Waals surface area contributed by atoms with E-state index in [1.807, 2.05) is 37.3 Å². The normalized spacial score (nSPS) is 9.65. The number of hydrogen-bond donors (Lipinski definition) is 0. The lowest BCUT2D eigenvalue weighted by Crippen LogP contribution is -1.91. The summed E-state index contributed by atoms with van der Waals surface area (Å²) in [5, 5.41) is 0. The van der Waals surface area contributed by atoms with Crippen LogP contribution in [0.3, 0.4) is 0 Å². The van der Waals surface area contributed by atoms with E-state index in [0.717, 1.165) is 22.4 Å². The summed E-state index contributed by atoms with van der Waals surface area (Å²) in [6.07, 6.45) is 8.95. The summed E-state index contributed by atoms with van der Waals surface area (Å²) in [4.78, 5) is 4.10. The third kappa shape index (κ3) is 2.46. The summed E-state index contributed by atoms with van der Waals surface area (Å²) in [7, 11) is 0. The van der Waals surface area contributed by atoms with Gasteiger partial charge in [0, 0.05) is 23.5 Å². The Morgan fingerprint density at radius 3 is 2.65 bits per heavy atom. The highest BCUT2D eigenvalue weighted by molar-refractivity contribution is 5.70. The maximum atomic E-state index is 5.46. The second kappa shape index (κ2) is 5.18. The lowest BCUT2D eigenvalue weighted by molar-refractivity contribution is 0.340. The van der Waals surface area contributed by atoms with Gasteiger partial charge in [-0.2, -0.15) is 0 Å². The van der Waals surface area contributed by atoms with E-state index in [4.69, 9.17) is 11.2 Å². The fraction of sp³-hybridized carbons (Fsp3) is 0.133. The van der Waals surface area contributed by atoms with Gasteiger partial charge < -0.3 is 4.74 Å². The van der Waals surface area contributed by atoms with Crippen LogP contribution in [0.1, 0.15) is 12.5 Å². The SMILES string of the molecule is C#Cc1ccncc1-c1ccc(OCC)cc1. The largest absolute Gasteiger partial charge is 0.494 e. The molecule has 0 unspecified atom stereocenters. The number of rotatable bonds is 3. The van der Waals surface area contributed by atoms with Crippen LogP contribution in [0.15, 0.2) is 42.7 Å². The quantitative estimate of drug-likeness (QED) is 0.746. The van der Waals surface area contributed by atoms with Crippen molar-refractivity contribution in [2.75, 3.05) is 6.61 Å². The van der Waals surface area contributed by atoms with E-state index in [9.17, 15) is 0 Å². The Morgan fingerprint density at radius 2 is 2.00 bits per heavy atom. The van der Waals surface area contributed by atoms with Crippen molar-refractivity contribution >= 4 is 0 Å². The molecule has 2 nitrogen and oxygen atoms in total. The first-order valence-electron chi connectivity index (χ1n) is 5.49. The van der Waals surface area contributed by atoms with Crippen molar-refractivity contribution < 1.29 is 4.74 Å². The third-order valence-electron chi connectivity index (χ3n) is 2.45. The van der Waals surface area contributed by atoms with Crippen molar-refractivity contribution in [2.24, 2.45) is 0 Å². The van der Waals surface area contributed by atoms with Crippen molar-refractivity contribution in [3.63, 3.8) is 0 Å². The van der Waals surface area contributed by atoms with Crippen molar-refractivity contribution in [1.82, 2.24) is 4.98 Å². The molecule has 2 rings (SSSR count). The molecule has 1 aromatic carbocycles. The molecule has 0 atom stereocenters. The molecule has 0 aliphatic rings. The zero-order valence-electron chi connectivity index (χ0n) is 9.68. The van der Waals surface area contributed by atoms with Gasteiger partial charge in [0.25, 0.3) is 0 Å². The van der Waals surface area contributed by atoms with Gasteiger partial charge >= 0.3 is 0 Å². The number of hydrogen-bond acceptors (Lipinski definition) is 2.